The Bertz CT molecular complexity index is 665. The highest BCUT2D eigenvalue weighted by Gasteiger charge is 2.45. The average molecular weight is 319 g/mol. The number of rotatable bonds is 3. The molecular formula is C14H17N5O2S. The molecule has 4 heterocycles. The Kier molecular flexibility index (Phi) is 3.44. The highest BCUT2D eigenvalue weighted by molar-refractivity contribution is 7.13. The standard InChI is InChI=1S/C14H17N5O2S/c20-11-6-14(8-15-9-14)19(4-3-16-11)7-12-17-13(18-21-12)10-2-1-5-22-10/h1-2,5,15H,3-4,6-9H2,(H,16,20). The van der Waals surface area contributed by atoms with Gasteiger partial charge in [-0.05, 0) is 11.4 Å². The largest absolute Gasteiger partial charge is 0.355 e. The van der Waals surface area contributed by atoms with Gasteiger partial charge in [-0.15, -0.1) is 11.3 Å². The predicted octanol–water partition coefficient (Wildman–Crippen LogP) is 0.462. The number of nitrogens with zero attached hydrogens (tertiary/aromatic N) is 3. The number of hydrogen-bond donors (Lipinski definition) is 2. The lowest BCUT2D eigenvalue weighted by Gasteiger charge is -2.48. The van der Waals surface area contributed by atoms with Crippen LogP contribution in [0.1, 0.15) is 12.3 Å². The van der Waals surface area contributed by atoms with Gasteiger partial charge in [0, 0.05) is 32.6 Å². The molecule has 116 valence electrons. The van der Waals surface area contributed by atoms with Crippen molar-refractivity contribution in [2.45, 2.75) is 18.5 Å². The molecule has 2 fully saturated rings. The maximum atomic E-state index is 11.8. The zero-order valence-electron chi connectivity index (χ0n) is 12.0. The van der Waals surface area contributed by atoms with Crippen LogP contribution in [0.25, 0.3) is 10.7 Å². The van der Waals surface area contributed by atoms with Crippen LogP contribution in [-0.2, 0) is 11.3 Å². The first-order valence-corrected chi connectivity index (χ1v) is 8.22. The van der Waals surface area contributed by atoms with E-state index in [1.807, 2.05) is 17.5 Å². The van der Waals surface area contributed by atoms with Gasteiger partial charge in [-0.1, -0.05) is 11.2 Å². The molecule has 7 nitrogen and oxygen atoms in total. The van der Waals surface area contributed by atoms with Crippen LogP contribution in [0.4, 0.5) is 0 Å². The monoisotopic (exact) mass is 319 g/mol. The Morgan fingerprint density at radius 2 is 2.36 bits per heavy atom. The maximum absolute atomic E-state index is 11.8. The number of hydrogen-bond acceptors (Lipinski definition) is 7. The molecule has 1 amide bonds. The van der Waals surface area contributed by atoms with E-state index in [0.29, 0.717) is 31.2 Å². The number of thiophene rings is 1. The van der Waals surface area contributed by atoms with Gasteiger partial charge in [-0.3, -0.25) is 9.69 Å². The summed E-state index contributed by atoms with van der Waals surface area (Å²) in [5.41, 5.74) is -0.113. The SMILES string of the molecule is O=C1CC2(CNC2)N(Cc2nc(-c3cccs3)no2)CCN1. The lowest BCUT2D eigenvalue weighted by molar-refractivity contribution is -0.123. The summed E-state index contributed by atoms with van der Waals surface area (Å²) in [6.45, 7) is 3.68. The minimum atomic E-state index is -0.113. The first-order chi connectivity index (χ1) is 10.8. The first kappa shape index (κ1) is 13.9. The molecule has 2 aromatic heterocycles. The fourth-order valence-corrected chi connectivity index (χ4v) is 3.69. The summed E-state index contributed by atoms with van der Waals surface area (Å²) in [6, 6.07) is 3.95. The zero-order chi connectivity index (χ0) is 15.0. The minimum absolute atomic E-state index is 0.113. The molecule has 0 unspecified atom stereocenters. The van der Waals surface area contributed by atoms with Gasteiger partial charge in [0.2, 0.25) is 17.6 Å². The van der Waals surface area contributed by atoms with E-state index in [9.17, 15) is 4.79 Å². The van der Waals surface area contributed by atoms with Crippen molar-refractivity contribution in [3.63, 3.8) is 0 Å². The molecule has 0 bridgehead atoms. The van der Waals surface area contributed by atoms with Gasteiger partial charge in [0.15, 0.2) is 0 Å². The third-order valence-electron chi connectivity index (χ3n) is 4.31. The molecule has 0 aromatic carbocycles. The number of carbonyl (C=O) groups is 1. The molecule has 0 aliphatic carbocycles. The summed E-state index contributed by atoms with van der Waals surface area (Å²) >= 11 is 1.59. The summed E-state index contributed by atoms with van der Waals surface area (Å²) in [5.74, 6) is 1.35. The van der Waals surface area contributed by atoms with Crippen LogP contribution >= 0.6 is 11.3 Å². The number of amides is 1. The second-order valence-electron chi connectivity index (χ2n) is 5.77. The van der Waals surface area contributed by atoms with Gasteiger partial charge < -0.3 is 15.2 Å². The fraction of sp³-hybridized carbons (Fsp3) is 0.500. The van der Waals surface area contributed by atoms with Crippen molar-refractivity contribution < 1.29 is 9.32 Å². The molecule has 8 heteroatoms. The predicted molar refractivity (Wildman–Crippen MR) is 81.2 cm³/mol. The van der Waals surface area contributed by atoms with Crippen molar-refractivity contribution in [3.05, 3.63) is 23.4 Å². The van der Waals surface area contributed by atoms with Gasteiger partial charge >= 0.3 is 0 Å². The molecule has 0 radical (unpaired) electrons. The minimum Gasteiger partial charge on any atom is -0.355 e. The molecule has 1 spiro atoms. The highest BCUT2D eigenvalue weighted by atomic mass is 32.1. The van der Waals surface area contributed by atoms with Crippen LogP contribution in [0.15, 0.2) is 22.0 Å². The summed E-state index contributed by atoms with van der Waals surface area (Å²) in [4.78, 5) is 19.6. The van der Waals surface area contributed by atoms with Gasteiger partial charge in [-0.2, -0.15) is 4.98 Å². The second-order valence-corrected chi connectivity index (χ2v) is 6.71. The van der Waals surface area contributed by atoms with Crippen molar-refractivity contribution in [2.75, 3.05) is 26.2 Å². The first-order valence-electron chi connectivity index (χ1n) is 7.34. The van der Waals surface area contributed by atoms with E-state index < -0.39 is 0 Å². The Morgan fingerprint density at radius 1 is 1.45 bits per heavy atom. The van der Waals surface area contributed by atoms with Gasteiger partial charge in [-0.25, -0.2) is 0 Å². The van der Waals surface area contributed by atoms with Gasteiger partial charge in [0.1, 0.15) is 0 Å². The van der Waals surface area contributed by atoms with Crippen LogP contribution < -0.4 is 10.6 Å². The number of carbonyl (C=O) groups excluding carboxylic acids is 1. The van der Waals surface area contributed by atoms with Crippen molar-refractivity contribution >= 4 is 17.2 Å². The van der Waals surface area contributed by atoms with Gasteiger partial charge in [0.25, 0.3) is 0 Å². The van der Waals surface area contributed by atoms with Crippen molar-refractivity contribution in [2.24, 2.45) is 0 Å². The molecule has 2 saturated heterocycles. The normalized spacial score (nSPS) is 21.4. The van der Waals surface area contributed by atoms with Crippen LogP contribution in [-0.4, -0.2) is 52.7 Å². The summed E-state index contributed by atoms with van der Waals surface area (Å²) in [5, 5.41) is 12.3. The highest BCUT2D eigenvalue weighted by Crippen LogP contribution is 2.28. The maximum Gasteiger partial charge on any atom is 0.241 e. The molecule has 22 heavy (non-hydrogen) atoms. The molecule has 2 aromatic rings. The molecule has 0 saturated carbocycles. The van der Waals surface area contributed by atoms with Crippen molar-refractivity contribution in [1.29, 1.82) is 0 Å². The fourth-order valence-electron chi connectivity index (χ4n) is 3.04. The Morgan fingerprint density at radius 3 is 3.09 bits per heavy atom. The number of nitrogens with one attached hydrogen (secondary N) is 2. The van der Waals surface area contributed by atoms with E-state index in [0.717, 1.165) is 24.5 Å². The lowest BCUT2D eigenvalue weighted by Crippen LogP contribution is -2.69. The van der Waals surface area contributed by atoms with E-state index in [-0.39, 0.29) is 11.4 Å². The Labute approximate surface area is 131 Å². The number of aromatic nitrogens is 2. The molecule has 2 aliphatic rings. The van der Waals surface area contributed by atoms with Crippen LogP contribution in [0.3, 0.4) is 0 Å². The van der Waals surface area contributed by atoms with E-state index >= 15 is 0 Å². The van der Waals surface area contributed by atoms with Crippen molar-refractivity contribution in [3.8, 4) is 10.7 Å². The third-order valence-corrected chi connectivity index (χ3v) is 5.17. The van der Waals surface area contributed by atoms with E-state index in [2.05, 4.69) is 25.7 Å². The van der Waals surface area contributed by atoms with Crippen LogP contribution in [0.5, 0.6) is 0 Å². The van der Waals surface area contributed by atoms with Gasteiger partial charge in [0.05, 0.1) is 17.0 Å². The summed E-state index contributed by atoms with van der Waals surface area (Å²) in [6.07, 6.45) is 0.520. The van der Waals surface area contributed by atoms with Crippen LogP contribution in [0.2, 0.25) is 0 Å². The van der Waals surface area contributed by atoms with E-state index in [1.165, 1.54) is 0 Å². The molecular weight excluding hydrogens is 302 g/mol. The van der Waals surface area contributed by atoms with Crippen LogP contribution in [0, 0.1) is 0 Å². The van der Waals surface area contributed by atoms with Crippen molar-refractivity contribution in [1.82, 2.24) is 25.7 Å². The lowest BCUT2D eigenvalue weighted by atomic mass is 9.86. The molecule has 2 N–H and O–H groups in total. The molecule has 4 rings (SSSR count). The Balaban J connectivity index is 1.53. The second kappa shape index (κ2) is 5.45. The smallest absolute Gasteiger partial charge is 0.241 e. The molecule has 2 aliphatic heterocycles. The van der Waals surface area contributed by atoms with E-state index in [4.69, 9.17) is 4.52 Å². The third kappa shape index (κ3) is 2.43. The molecule has 0 atom stereocenters. The zero-order valence-corrected chi connectivity index (χ0v) is 12.9. The summed E-state index contributed by atoms with van der Waals surface area (Å²) < 4.78 is 5.40. The average Bonchev–Trinajstić information content (AvgIpc) is 3.09. The summed E-state index contributed by atoms with van der Waals surface area (Å²) in [7, 11) is 0. The van der Waals surface area contributed by atoms with E-state index in [1.54, 1.807) is 11.3 Å². The Hall–Kier alpha value is -1.77. The quantitative estimate of drug-likeness (QED) is 0.855. The topological polar surface area (TPSA) is 83.3 Å².